The van der Waals surface area contributed by atoms with E-state index < -0.39 is 0 Å². The second-order valence-corrected chi connectivity index (χ2v) is 8.42. The van der Waals surface area contributed by atoms with Gasteiger partial charge in [-0.05, 0) is 51.3 Å². The van der Waals surface area contributed by atoms with Crippen LogP contribution in [-0.2, 0) is 11.3 Å². The van der Waals surface area contributed by atoms with Crippen LogP contribution < -0.4 is 15.5 Å². The van der Waals surface area contributed by atoms with Gasteiger partial charge in [-0.15, -0.1) is 0 Å². The van der Waals surface area contributed by atoms with Gasteiger partial charge < -0.3 is 25.2 Å². The van der Waals surface area contributed by atoms with E-state index in [0.717, 1.165) is 64.7 Å². The number of aliphatic imine (C=N–C) groups is 1. The Bertz CT molecular complexity index is 669. The van der Waals surface area contributed by atoms with Crippen LogP contribution in [-0.4, -0.2) is 68.9 Å². The lowest BCUT2D eigenvalue weighted by atomic mass is 10.1. The van der Waals surface area contributed by atoms with Crippen molar-refractivity contribution < 1.29 is 4.74 Å². The highest BCUT2D eigenvalue weighted by Crippen LogP contribution is 2.18. The predicted molar refractivity (Wildman–Crippen MR) is 126 cm³/mol. The van der Waals surface area contributed by atoms with Crippen LogP contribution in [0.2, 0.25) is 0 Å². The highest BCUT2D eigenvalue weighted by molar-refractivity contribution is 5.80. The summed E-state index contributed by atoms with van der Waals surface area (Å²) in [5.41, 5.74) is 2.52. The van der Waals surface area contributed by atoms with Gasteiger partial charge in [0.2, 0.25) is 0 Å². The standard InChI is InChI=1S/C24H39N5O/c1-4-25-24(27-22-11-15-28(16-12-22)17-18-30-20(2)3)26-19-21-7-9-23(10-8-21)29-13-5-6-14-29/h5-10,20,22H,4,11-19H2,1-3H3,(H2,25,26,27). The molecule has 0 amide bonds. The third-order valence-corrected chi connectivity index (χ3v) is 5.67. The molecule has 166 valence electrons. The van der Waals surface area contributed by atoms with Crippen molar-refractivity contribution in [2.75, 3.05) is 50.8 Å². The number of nitrogens with one attached hydrogen (secondary N) is 2. The van der Waals surface area contributed by atoms with Gasteiger partial charge in [0, 0.05) is 51.0 Å². The van der Waals surface area contributed by atoms with E-state index >= 15 is 0 Å². The Morgan fingerprint density at radius 3 is 2.47 bits per heavy atom. The first-order valence-electron chi connectivity index (χ1n) is 11.5. The Labute approximate surface area is 182 Å². The molecule has 1 aromatic rings. The summed E-state index contributed by atoms with van der Waals surface area (Å²) in [6.07, 6.45) is 7.04. The Kier molecular flexibility index (Phi) is 9.02. The van der Waals surface area contributed by atoms with Gasteiger partial charge in [0.15, 0.2) is 5.96 Å². The van der Waals surface area contributed by atoms with Gasteiger partial charge in [-0.1, -0.05) is 24.3 Å². The van der Waals surface area contributed by atoms with Crippen molar-refractivity contribution in [2.45, 2.75) is 52.3 Å². The third-order valence-electron chi connectivity index (χ3n) is 5.67. The molecular weight excluding hydrogens is 374 g/mol. The third kappa shape index (κ3) is 7.33. The Morgan fingerprint density at radius 1 is 1.13 bits per heavy atom. The molecule has 6 nitrogen and oxygen atoms in total. The van der Waals surface area contributed by atoms with Gasteiger partial charge >= 0.3 is 0 Å². The summed E-state index contributed by atoms with van der Waals surface area (Å²) >= 11 is 0. The lowest BCUT2D eigenvalue weighted by Crippen LogP contribution is -2.49. The van der Waals surface area contributed by atoms with Gasteiger partial charge in [0.1, 0.15) is 0 Å². The van der Waals surface area contributed by atoms with E-state index in [0.29, 0.717) is 18.7 Å². The van der Waals surface area contributed by atoms with Crippen molar-refractivity contribution in [1.29, 1.82) is 0 Å². The second kappa shape index (κ2) is 12.0. The molecule has 2 heterocycles. The summed E-state index contributed by atoms with van der Waals surface area (Å²) in [5.74, 6) is 0.923. The molecule has 6 heteroatoms. The molecule has 0 bridgehead atoms. The van der Waals surface area contributed by atoms with Crippen LogP contribution >= 0.6 is 0 Å². The lowest BCUT2D eigenvalue weighted by Gasteiger charge is -2.33. The number of likely N-dealkylation sites (tertiary alicyclic amines) is 1. The highest BCUT2D eigenvalue weighted by atomic mass is 16.5. The molecule has 0 radical (unpaired) electrons. The maximum atomic E-state index is 5.69. The largest absolute Gasteiger partial charge is 0.377 e. The average Bonchev–Trinajstić information content (AvgIpc) is 3.28. The fourth-order valence-corrected chi connectivity index (χ4v) is 3.90. The van der Waals surface area contributed by atoms with E-state index in [2.05, 4.69) is 77.6 Å². The molecule has 2 N–H and O–H groups in total. The molecule has 0 atom stereocenters. The SMILES string of the molecule is CCNC(=NCc1ccc(N2CC=CC2)cc1)NC1CCN(CCOC(C)C)CC1. The number of piperidine rings is 1. The molecular formula is C24H39N5O. The summed E-state index contributed by atoms with van der Waals surface area (Å²) < 4.78 is 5.69. The van der Waals surface area contributed by atoms with Crippen LogP contribution in [0.3, 0.4) is 0 Å². The zero-order valence-electron chi connectivity index (χ0n) is 18.9. The van der Waals surface area contributed by atoms with Crippen LogP contribution in [0.15, 0.2) is 41.4 Å². The minimum Gasteiger partial charge on any atom is -0.377 e. The van der Waals surface area contributed by atoms with E-state index in [9.17, 15) is 0 Å². The molecule has 0 aliphatic carbocycles. The summed E-state index contributed by atoms with van der Waals surface area (Å²) in [7, 11) is 0. The van der Waals surface area contributed by atoms with Crippen molar-refractivity contribution in [3.05, 3.63) is 42.0 Å². The van der Waals surface area contributed by atoms with Crippen molar-refractivity contribution >= 4 is 11.6 Å². The first kappa shape index (κ1) is 22.6. The second-order valence-electron chi connectivity index (χ2n) is 8.42. The summed E-state index contributed by atoms with van der Waals surface area (Å²) in [6, 6.07) is 9.28. The first-order valence-corrected chi connectivity index (χ1v) is 11.5. The summed E-state index contributed by atoms with van der Waals surface area (Å²) in [5, 5.41) is 7.05. The molecule has 1 fully saturated rings. The predicted octanol–water partition coefficient (Wildman–Crippen LogP) is 3.01. The summed E-state index contributed by atoms with van der Waals surface area (Å²) in [4.78, 5) is 9.69. The molecule has 0 spiro atoms. The Hall–Kier alpha value is -2.05. The molecule has 30 heavy (non-hydrogen) atoms. The van der Waals surface area contributed by atoms with Crippen molar-refractivity contribution in [3.8, 4) is 0 Å². The van der Waals surface area contributed by atoms with E-state index in [1.54, 1.807) is 0 Å². The van der Waals surface area contributed by atoms with Crippen molar-refractivity contribution in [2.24, 2.45) is 4.99 Å². The first-order chi connectivity index (χ1) is 14.6. The number of benzene rings is 1. The normalized spacial score (nSPS) is 18.4. The van der Waals surface area contributed by atoms with E-state index in [-0.39, 0.29) is 0 Å². The van der Waals surface area contributed by atoms with Crippen LogP contribution in [0.4, 0.5) is 5.69 Å². The van der Waals surface area contributed by atoms with Crippen LogP contribution in [0, 0.1) is 0 Å². The molecule has 2 aliphatic heterocycles. The number of hydrogen-bond donors (Lipinski definition) is 2. The Morgan fingerprint density at radius 2 is 1.83 bits per heavy atom. The molecule has 0 saturated carbocycles. The monoisotopic (exact) mass is 413 g/mol. The van der Waals surface area contributed by atoms with Gasteiger partial charge in [-0.3, -0.25) is 0 Å². The molecule has 3 rings (SSSR count). The molecule has 1 saturated heterocycles. The van der Waals surface area contributed by atoms with Gasteiger partial charge in [-0.2, -0.15) is 0 Å². The number of ether oxygens (including phenoxy) is 1. The number of rotatable bonds is 9. The van der Waals surface area contributed by atoms with Crippen LogP contribution in [0.5, 0.6) is 0 Å². The number of anilines is 1. The maximum Gasteiger partial charge on any atom is 0.191 e. The van der Waals surface area contributed by atoms with Gasteiger partial charge in [0.05, 0.1) is 19.3 Å². The van der Waals surface area contributed by atoms with E-state index in [1.807, 2.05) is 0 Å². The minimum absolute atomic E-state index is 0.316. The minimum atomic E-state index is 0.316. The number of guanidine groups is 1. The highest BCUT2D eigenvalue weighted by Gasteiger charge is 2.19. The van der Waals surface area contributed by atoms with Crippen molar-refractivity contribution in [1.82, 2.24) is 15.5 Å². The average molecular weight is 414 g/mol. The fourth-order valence-electron chi connectivity index (χ4n) is 3.90. The van der Waals surface area contributed by atoms with Crippen molar-refractivity contribution in [3.63, 3.8) is 0 Å². The smallest absolute Gasteiger partial charge is 0.191 e. The summed E-state index contributed by atoms with van der Waals surface area (Å²) in [6.45, 7) is 14.0. The Balaban J connectivity index is 1.44. The van der Waals surface area contributed by atoms with Crippen LogP contribution in [0.25, 0.3) is 0 Å². The quantitative estimate of drug-likeness (QED) is 0.370. The molecule has 2 aliphatic rings. The van der Waals surface area contributed by atoms with Gasteiger partial charge in [0.25, 0.3) is 0 Å². The lowest BCUT2D eigenvalue weighted by molar-refractivity contribution is 0.0532. The van der Waals surface area contributed by atoms with E-state index in [1.165, 1.54) is 11.3 Å². The zero-order valence-corrected chi connectivity index (χ0v) is 18.9. The fraction of sp³-hybridized carbons (Fsp3) is 0.625. The molecule has 0 unspecified atom stereocenters. The zero-order chi connectivity index (χ0) is 21.2. The topological polar surface area (TPSA) is 52.1 Å². The molecule has 1 aromatic carbocycles. The number of hydrogen-bond acceptors (Lipinski definition) is 4. The molecule has 0 aromatic heterocycles. The maximum absolute atomic E-state index is 5.69. The number of nitrogens with zero attached hydrogens (tertiary/aromatic N) is 3. The van der Waals surface area contributed by atoms with E-state index in [4.69, 9.17) is 9.73 Å². The van der Waals surface area contributed by atoms with Gasteiger partial charge in [-0.25, -0.2) is 4.99 Å². The van der Waals surface area contributed by atoms with Crippen LogP contribution in [0.1, 0.15) is 39.2 Å².